The number of hydrogen-bond donors (Lipinski definition) is 0. The highest BCUT2D eigenvalue weighted by Gasteiger charge is 2.32. The highest BCUT2D eigenvalue weighted by molar-refractivity contribution is 5.91. The number of fused-ring (bicyclic) bond motifs is 1. The predicted octanol–water partition coefficient (Wildman–Crippen LogP) is 3.84. The monoisotopic (exact) mass is 365 g/mol. The van der Waals surface area contributed by atoms with Crippen LogP contribution in [-0.2, 0) is 27.2 Å². The van der Waals surface area contributed by atoms with Crippen LogP contribution in [0, 0.1) is 0 Å². The normalized spacial score (nSPS) is 19.9. The Hall–Kier alpha value is -2.79. The van der Waals surface area contributed by atoms with Crippen LogP contribution in [0.15, 0.2) is 66.5 Å². The minimum Gasteiger partial charge on any atom is -0.466 e. The predicted molar refractivity (Wildman–Crippen MR) is 102 cm³/mol. The molecule has 4 rings (SSSR count). The zero-order chi connectivity index (χ0) is 18.6. The molecule has 1 aromatic carbocycles. The quantitative estimate of drug-likeness (QED) is 0.759. The molecule has 1 atom stereocenters. The van der Waals surface area contributed by atoms with Gasteiger partial charge in [0, 0.05) is 13.1 Å². The molecule has 5 nitrogen and oxygen atoms in total. The number of benzene rings is 1. The van der Waals surface area contributed by atoms with Crippen LogP contribution >= 0.6 is 0 Å². The lowest BCUT2D eigenvalue weighted by Crippen LogP contribution is -2.43. The second-order valence-electron chi connectivity index (χ2n) is 6.81. The summed E-state index contributed by atoms with van der Waals surface area (Å²) in [5, 5.41) is 0. The maximum atomic E-state index is 12.2. The first-order valence-electron chi connectivity index (χ1n) is 9.24. The number of methoxy groups -OCH3 is 1. The molecular formula is C22H23NO4. The minimum absolute atomic E-state index is 0.0150. The molecule has 1 unspecified atom stereocenters. The summed E-state index contributed by atoms with van der Waals surface area (Å²) in [7, 11) is 1.43. The van der Waals surface area contributed by atoms with Gasteiger partial charge in [-0.15, -0.1) is 0 Å². The maximum Gasteiger partial charge on any atom is 0.338 e. The fraction of sp³-hybridized carbons (Fsp3) is 0.318. The number of carbonyl (C=O) groups is 1. The van der Waals surface area contributed by atoms with E-state index in [1.54, 1.807) is 12.5 Å². The van der Waals surface area contributed by atoms with Crippen molar-refractivity contribution in [3.63, 3.8) is 0 Å². The van der Waals surface area contributed by atoms with Crippen LogP contribution in [-0.4, -0.2) is 30.6 Å². The number of nitrogens with zero attached hydrogens (tertiary/aromatic N) is 1. The van der Waals surface area contributed by atoms with Gasteiger partial charge in [0.1, 0.15) is 18.8 Å². The van der Waals surface area contributed by atoms with Gasteiger partial charge in [-0.05, 0) is 42.0 Å². The summed E-state index contributed by atoms with van der Waals surface area (Å²) in [5.74, 6) is 0.488. The van der Waals surface area contributed by atoms with Gasteiger partial charge >= 0.3 is 5.97 Å². The van der Waals surface area contributed by atoms with E-state index in [4.69, 9.17) is 14.2 Å². The summed E-state index contributed by atoms with van der Waals surface area (Å²) in [6.45, 7) is 1.55. The Morgan fingerprint density at radius 1 is 1.26 bits per heavy atom. The molecule has 2 heterocycles. The Labute approximate surface area is 159 Å². The average Bonchev–Trinajstić information content (AvgIpc) is 2.74. The van der Waals surface area contributed by atoms with Crippen molar-refractivity contribution < 1.29 is 19.0 Å². The third-order valence-electron chi connectivity index (χ3n) is 5.26. The summed E-state index contributed by atoms with van der Waals surface area (Å²) in [4.78, 5) is 14.6. The molecule has 0 fully saturated rings. The van der Waals surface area contributed by atoms with Crippen molar-refractivity contribution >= 4 is 5.97 Å². The Morgan fingerprint density at radius 3 is 2.93 bits per heavy atom. The van der Waals surface area contributed by atoms with Gasteiger partial charge in [-0.3, -0.25) is 4.90 Å². The number of ether oxygens (including phenoxy) is 3. The van der Waals surface area contributed by atoms with E-state index in [9.17, 15) is 4.79 Å². The topological polar surface area (TPSA) is 48.0 Å². The smallest absolute Gasteiger partial charge is 0.338 e. The molecule has 0 saturated carbocycles. The van der Waals surface area contributed by atoms with Gasteiger partial charge in [-0.25, -0.2) is 4.79 Å². The molecule has 0 amide bonds. The summed E-state index contributed by atoms with van der Waals surface area (Å²) in [6.07, 6.45) is 14.1. The fourth-order valence-corrected chi connectivity index (χ4v) is 3.97. The van der Waals surface area contributed by atoms with Crippen LogP contribution in [0.5, 0.6) is 0 Å². The van der Waals surface area contributed by atoms with Crippen LogP contribution in [0.1, 0.15) is 34.3 Å². The first-order valence-corrected chi connectivity index (χ1v) is 9.24. The number of hydrogen-bond acceptors (Lipinski definition) is 5. The van der Waals surface area contributed by atoms with Crippen molar-refractivity contribution in [2.75, 3.05) is 13.7 Å². The molecule has 1 aliphatic carbocycles. The van der Waals surface area contributed by atoms with Crippen LogP contribution < -0.4 is 0 Å². The molecule has 1 aromatic rings. The van der Waals surface area contributed by atoms with Crippen LogP contribution in [0.3, 0.4) is 0 Å². The zero-order valence-electron chi connectivity index (χ0n) is 15.4. The standard InChI is InChI=1S/C22H23NO4/c1-25-22(24)18-9-5-8-16-10-11-23(14-19(16)18)21(17-6-3-2-4-7-17)20-15-26-12-13-27-20/h2-3,5-6,8-9,12-13,15,21H,4,7,10-11,14H2,1H3. The molecule has 0 saturated heterocycles. The van der Waals surface area contributed by atoms with Crippen LogP contribution in [0.25, 0.3) is 0 Å². The summed E-state index contributed by atoms with van der Waals surface area (Å²) < 4.78 is 16.2. The van der Waals surface area contributed by atoms with E-state index in [-0.39, 0.29) is 12.0 Å². The number of allylic oxidation sites excluding steroid dienone is 3. The van der Waals surface area contributed by atoms with E-state index < -0.39 is 0 Å². The van der Waals surface area contributed by atoms with E-state index in [1.165, 1.54) is 24.5 Å². The second-order valence-corrected chi connectivity index (χ2v) is 6.81. The summed E-state index contributed by atoms with van der Waals surface area (Å²) in [6, 6.07) is 5.85. The molecule has 27 heavy (non-hydrogen) atoms. The number of carbonyl (C=O) groups excluding carboxylic acids is 1. The molecule has 0 N–H and O–H groups in total. The van der Waals surface area contributed by atoms with Gasteiger partial charge in [0.2, 0.25) is 0 Å². The molecule has 3 aliphatic rings. The summed E-state index contributed by atoms with van der Waals surface area (Å²) in [5.41, 5.74) is 4.19. The van der Waals surface area contributed by atoms with Gasteiger partial charge in [0.05, 0.1) is 18.7 Å². The lowest BCUT2D eigenvalue weighted by atomic mass is 9.90. The van der Waals surface area contributed by atoms with Gasteiger partial charge in [0.25, 0.3) is 0 Å². The number of rotatable bonds is 4. The van der Waals surface area contributed by atoms with Crippen molar-refractivity contribution in [1.29, 1.82) is 0 Å². The highest BCUT2D eigenvalue weighted by Crippen LogP contribution is 2.32. The van der Waals surface area contributed by atoms with Gasteiger partial charge in [-0.1, -0.05) is 30.4 Å². The molecule has 2 aliphatic heterocycles. The maximum absolute atomic E-state index is 12.2. The molecule has 0 bridgehead atoms. The van der Waals surface area contributed by atoms with Crippen LogP contribution in [0.2, 0.25) is 0 Å². The van der Waals surface area contributed by atoms with Crippen molar-refractivity contribution in [2.45, 2.75) is 31.8 Å². The van der Waals surface area contributed by atoms with E-state index in [0.29, 0.717) is 12.1 Å². The van der Waals surface area contributed by atoms with Gasteiger partial charge in [-0.2, -0.15) is 0 Å². The lowest BCUT2D eigenvalue weighted by molar-refractivity contribution is 0.0596. The Balaban J connectivity index is 1.68. The number of esters is 1. The third kappa shape index (κ3) is 3.55. The zero-order valence-corrected chi connectivity index (χ0v) is 15.4. The van der Waals surface area contributed by atoms with Crippen molar-refractivity contribution in [3.05, 3.63) is 83.2 Å². The Kier molecular flexibility index (Phi) is 5.12. The Bertz CT molecular complexity index is 850. The first kappa shape index (κ1) is 17.6. The van der Waals surface area contributed by atoms with E-state index in [0.717, 1.165) is 37.1 Å². The molecule has 140 valence electrons. The third-order valence-corrected chi connectivity index (χ3v) is 5.26. The minimum atomic E-state index is -0.288. The van der Waals surface area contributed by atoms with E-state index in [1.807, 2.05) is 12.1 Å². The lowest BCUT2D eigenvalue weighted by Gasteiger charge is -2.38. The largest absolute Gasteiger partial charge is 0.466 e. The average molecular weight is 365 g/mol. The molecule has 5 heteroatoms. The van der Waals surface area contributed by atoms with Crippen LogP contribution in [0.4, 0.5) is 0 Å². The molecule has 0 spiro atoms. The van der Waals surface area contributed by atoms with Crippen molar-refractivity contribution in [1.82, 2.24) is 4.90 Å². The molecule has 0 radical (unpaired) electrons. The Morgan fingerprint density at radius 2 is 2.19 bits per heavy atom. The van der Waals surface area contributed by atoms with Crippen molar-refractivity contribution in [2.24, 2.45) is 0 Å². The van der Waals surface area contributed by atoms with Gasteiger partial charge in [0.15, 0.2) is 5.76 Å². The SMILES string of the molecule is COC(=O)c1cccc2c1CN(C(C1=CC=CCC1)C1=COC=CO1)CC2. The summed E-state index contributed by atoms with van der Waals surface area (Å²) >= 11 is 0. The molecule has 0 aromatic heterocycles. The van der Waals surface area contributed by atoms with Crippen molar-refractivity contribution in [3.8, 4) is 0 Å². The second kappa shape index (κ2) is 7.84. The first-order chi connectivity index (χ1) is 13.3. The van der Waals surface area contributed by atoms with Gasteiger partial charge < -0.3 is 14.2 Å². The molecular weight excluding hydrogens is 342 g/mol. The van der Waals surface area contributed by atoms with E-state index in [2.05, 4.69) is 29.2 Å². The highest BCUT2D eigenvalue weighted by atomic mass is 16.5. The van der Waals surface area contributed by atoms with E-state index >= 15 is 0 Å². The fourth-order valence-electron chi connectivity index (χ4n) is 3.97.